The summed E-state index contributed by atoms with van der Waals surface area (Å²) in [7, 11) is -2.08. The van der Waals surface area contributed by atoms with Crippen molar-refractivity contribution in [3.63, 3.8) is 0 Å². The second kappa shape index (κ2) is 13.0. The lowest BCUT2D eigenvalue weighted by Gasteiger charge is -2.15. The first-order valence-corrected chi connectivity index (χ1v) is 13.0. The van der Waals surface area contributed by atoms with E-state index in [2.05, 4.69) is 21.2 Å². The molecule has 3 aromatic rings. The van der Waals surface area contributed by atoms with Crippen molar-refractivity contribution < 1.29 is 17.9 Å². The third kappa shape index (κ3) is 8.02. The van der Waals surface area contributed by atoms with Crippen LogP contribution in [0.25, 0.3) is 0 Å². The Morgan fingerprint density at radius 1 is 1.03 bits per heavy atom. The van der Waals surface area contributed by atoms with Crippen molar-refractivity contribution in [3.8, 4) is 11.5 Å². The average molecular weight is 611 g/mol. The topological polar surface area (TPSA) is 90.6 Å². The first-order chi connectivity index (χ1) is 15.7. The Bertz CT molecular complexity index is 1230. The van der Waals surface area contributed by atoms with Crippen LogP contribution in [0.15, 0.2) is 64.0 Å². The summed E-state index contributed by atoms with van der Waals surface area (Å²) < 4.78 is 34.9. The molecule has 3 rings (SSSR count). The van der Waals surface area contributed by atoms with Gasteiger partial charge < -0.3 is 14.8 Å². The second-order valence-electron chi connectivity index (χ2n) is 7.25. The zero-order valence-electron chi connectivity index (χ0n) is 18.2. The van der Waals surface area contributed by atoms with Gasteiger partial charge in [0.1, 0.15) is 6.61 Å². The van der Waals surface area contributed by atoms with Gasteiger partial charge >= 0.3 is 0 Å². The number of rotatable bonds is 10. The highest BCUT2D eigenvalue weighted by molar-refractivity contribution is 9.10. The van der Waals surface area contributed by atoms with Crippen molar-refractivity contribution in [1.82, 2.24) is 5.32 Å². The number of primary sulfonamides is 1. The van der Waals surface area contributed by atoms with Crippen LogP contribution in [0.4, 0.5) is 0 Å². The van der Waals surface area contributed by atoms with Crippen LogP contribution in [0.1, 0.15) is 16.7 Å². The van der Waals surface area contributed by atoms with Crippen LogP contribution in [-0.4, -0.2) is 22.1 Å². The molecule has 0 unspecified atom stereocenters. The van der Waals surface area contributed by atoms with E-state index in [9.17, 15) is 8.42 Å². The summed E-state index contributed by atoms with van der Waals surface area (Å²) in [5.74, 6) is 1.19. The summed E-state index contributed by atoms with van der Waals surface area (Å²) in [5, 5.41) is 9.61. The number of hydrogen-bond donors (Lipinski definition) is 2. The first-order valence-electron chi connectivity index (χ1n) is 9.93. The molecule has 3 N–H and O–H groups in total. The highest BCUT2D eigenvalue weighted by Gasteiger charge is 2.13. The molecule has 34 heavy (non-hydrogen) atoms. The molecule has 0 aliphatic rings. The normalized spacial score (nSPS) is 11.1. The fraction of sp³-hybridized carbons (Fsp3) is 0.217. The van der Waals surface area contributed by atoms with E-state index in [0.717, 1.165) is 27.6 Å². The molecule has 11 heteroatoms. The largest absolute Gasteiger partial charge is 0.493 e. The molecule has 0 aliphatic carbocycles. The summed E-state index contributed by atoms with van der Waals surface area (Å²) in [6.07, 6.45) is 0.742. The predicted molar refractivity (Wildman–Crippen MR) is 142 cm³/mol. The Labute approximate surface area is 224 Å². The van der Waals surface area contributed by atoms with Gasteiger partial charge in [0.15, 0.2) is 11.5 Å². The molecule has 0 amide bonds. The quantitative estimate of drug-likeness (QED) is 0.286. The molecular weight excluding hydrogens is 587 g/mol. The van der Waals surface area contributed by atoms with Crippen molar-refractivity contribution in [2.45, 2.75) is 24.5 Å². The Balaban J connectivity index is 0.00000408. The van der Waals surface area contributed by atoms with Crippen LogP contribution in [0.3, 0.4) is 0 Å². The molecule has 0 radical (unpaired) electrons. The minimum atomic E-state index is -3.67. The standard InChI is InChI=1S/C23H23BrCl2N2O4S.ClH/c1-31-22-11-16(13-28-9-8-15-2-6-19(7-3-15)33(27,29)30)10-20(24)23(22)32-14-17-4-5-18(25)12-21(17)26;/h2-7,10-12,28H,8-9,13-14H2,1H3,(H2,27,29,30);1H. The molecule has 0 saturated carbocycles. The molecule has 0 aromatic heterocycles. The Hall–Kier alpha value is -1.52. The van der Waals surface area contributed by atoms with Gasteiger partial charge in [-0.3, -0.25) is 0 Å². The molecule has 184 valence electrons. The van der Waals surface area contributed by atoms with Crippen molar-refractivity contribution in [1.29, 1.82) is 0 Å². The minimum absolute atomic E-state index is 0. The van der Waals surface area contributed by atoms with Gasteiger partial charge in [0.2, 0.25) is 10.0 Å². The Morgan fingerprint density at radius 3 is 2.35 bits per heavy atom. The van der Waals surface area contributed by atoms with Gasteiger partial charge in [0, 0.05) is 22.2 Å². The SMILES string of the molecule is COc1cc(CNCCc2ccc(S(N)(=O)=O)cc2)cc(Br)c1OCc1ccc(Cl)cc1Cl.Cl. The van der Waals surface area contributed by atoms with E-state index in [-0.39, 0.29) is 23.9 Å². The van der Waals surface area contributed by atoms with Gasteiger partial charge in [0.25, 0.3) is 0 Å². The van der Waals surface area contributed by atoms with Crippen molar-refractivity contribution in [2.24, 2.45) is 5.14 Å². The van der Waals surface area contributed by atoms with Crippen LogP contribution in [0.5, 0.6) is 11.5 Å². The number of nitrogens with one attached hydrogen (secondary N) is 1. The summed E-state index contributed by atoms with van der Waals surface area (Å²) in [6.45, 7) is 1.60. The molecule has 0 heterocycles. The summed E-state index contributed by atoms with van der Waals surface area (Å²) in [5.41, 5.74) is 2.84. The van der Waals surface area contributed by atoms with Gasteiger partial charge in [0.05, 0.1) is 16.5 Å². The van der Waals surface area contributed by atoms with Crippen molar-refractivity contribution >= 4 is 61.6 Å². The monoisotopic (exact) mass is 608 g/mol. The third-order valence-corrected chi connectivity index (χ3v) is 6.95. The van der Waals surface area contributed by atoms with Crippen LogP contribution in [0, 0.1) is 0 Å². The van der Waals surface area contributed by atoms with Gasteiger partial charge in [-0.2, -0.15) is 0 Å². The maximum atomic E-state index is 11.3. The molecular formula is C23H24BrCl3N2O4S. The van der Waals surface area contributed by atoms with Crippen molar-refractivity contribution in [3.05, 3.63) is 85.8 Å². The summed E-state index contributed by atoms with van der Waals surface area (Å²) in [6, 6.07) is 15.7. The molecule has 0 fully saturated rings. The fourth-order valence-corrected chi connectivity index (χ4v) is 4.70. The van der Waals surface area contributed by atoms with E-state index in [1.165, 1.54) is 12.1 Å². The van der Waals surface area contributed by atoms with E-state index < -0.39 is 10.0 Å². The van der Waals surface area contributed by atoms with E-state index in [1.54, 1.807) is 31.4 Å². The van der Waals surface area contributed by atoms with E-state index in [1.807, 2.05) is 18.2 Å². The summed E-state index contributed by atoms with van der Waals surface area (Å²) in [4.78, 5) is 0.108. The van der Waals surface area contributed by atoms with Gasteiger partial charge in [-0.15, -0.1) is 12.4 Å². The van der Waals surface area contributed by atoms with E-state index >= 15 is 0 Å². The second-order valence-corrected chi connectivity index (χ2v) is 10.5. The van der Waals surface area contributed by atoms with Crippen LogP contribution in [0.2, 0.25) is 10.0 Å². The highest BCUT2D eigenvalue weighted by Crippen LogP contribution is 2.37. The Kier molecular flexibility index (Phi) is 11.0. The van der Waals surface area contributed by atoms with Crippen LogP contribution < -0.4 is 19.9 Å². The number of hydrogen-bond acceptors (Lipinski definition) is 5. The van der Waals surface area contributed by atoms with Gasteiger partial charge in [-0.1, -0.05) is 41.4 Å². The average Bonchev–Trinajstić information content (AvgIpc) is 2.76. The van der Waals surface area contributed by atoms with E-state index in [4.69, 9.17) is 37.8 Å². The Morgan fingerprint density at radius 2 is 1.74 bits per heavy atom. The number of benzene rings is 3. The maximum absolute atomic E-state index is 11.3. The smallest absolute Gasteiger partial charge is 0.238 e. The lowest BCUT2D eigenvalue weighted by molar-refractivity contribution is 0.282. The van der Waals surface area contributed by atoms with Crippen LogP contribution in [-0.2, 0) is 29.6 Å². The first kappa shape index (κ1) is 28.7. The lowest BCUT2D eigenvalue weighted by atomic mass is 10.1. The molecule has 6 nitrogen and oxygen atoms in total. The number of halogens is 4. The molecule has 0 saturated heterocycles. The molecule has 0 aliphatic heterocycles. The molecule has 3 aromatic carbocycles. The predicted octanol–water partition coefficient (Wildman–Crippen LogP) is 5.75. The molecule has 0 atom stereocenters. The number of methoxy groups -OCH3 is 1. The van der Waals surface area contributed by atoms with E-state index in [0.29, 0.717) is 34.6 Å². The molecule has 0 spiro atoms. The third-order valence-electron chi connectivity index (χ3n) is 4.85. The zero-order valence-corrected chi connectivity index (χ0v) is 22.9. The highest BCUT2D eigenvalue weighted by atomic mass is 79.9. The number of nitrogens with two attached hydrogens (primary N) is 1. The van der Waals surface area contributed by atoms with Gasteiger partial charge in [-0.25, -0.2) is 13.6 Å². The minimum Gasteiger partial charge on any atom is -0.493 e. The number of sulfonamides is 1. The van der Waals surface area contributed by atoms with Crippen molar-refractivity contribution in [2.75, 3.05) is 13.7 Å². The summed E-state index contributed by atoms with van der Waals surface area (Å²) >= 11 is 15.7. The molecule has 0 bridgehead atoms. The maximum Gasteiger partial charge on any atom is 0.238 e. The fourth-order valence-electron chi connectivity index (χ4n) is 3.12. The zero-order chi connectivity index (χ0) is 24.0. The van der Waals surface area contributed by atoms with Crippen LogP contribution >= 0.6 is 51.5 Å². The lowest BCUT2D eigenvalue weighted by Crippen LogP contribution is -2.17. The van der Waals surface area contributed by atoms with Gasteiger partial charge in [-0.05, 0) is 76.4 Å². The number of ether oxygens (including phenoxy) is 2.